The van der Waals surface area contributed by atoms with Gasteiger partial charge in [-0.15, -0.1) is 0 Å². The Morgan fingerprint density at radius 1 is 1.17 bits per heavy atom. The topological polar surface area (TPSA) is 43.6 Å². The third kappa shape index (κ3) is 1.17. The van der Waals surface area contributed by atoms with Crippen LogP contribution in [0.1, 0.15) is 11.3 Å². The number of rotatable bonds is 0. The molecular weight excluding hydrogens is 224 g/mol. The largest absolute Gasteiger partial charge is 0.308 e. The summed E-state index contributed by atoms with van der Waals surface area (Å²) in [5.41, 5.74) is 5.41. The van der Waals surface area contributed by atoms with Crippen LogP contribution in [0.3, 0.4) is 0 Å². The Bertz CT molecular complexity index is 758. The lowest BCUT2D eigenvalue weighted by molar-refractivity contribution is 0.696. The molecule has 18 heavy (non-hydrogen) atoms. The molecule has 1 aromatic carbocycles. The summed E-state index contributed by atoms with van der Waals surface area (Å²) in [6.07, 6.45) is 2.66. The zero-order valence-electron chi connectivity index (χ0n) is 10.1. The summed E-state index contributed by atoms with van der Waals surface area (Å²) in [6.45, 7) is 2.92. The number of hydrogen-bond acceptors (Lipinski definition) is 3. The average Bonchev–Trinajstić information content (AvgIpc) is 2.79. The molecule has 3 aromatic rings. The Kier molecular flexibility index (Phi) is 1.84. The second kappa shape index (κ2) is 3.38. The van der Waals surface area contributed by atoms with Crippen molar-refractivity contribution >= 4 is 11.2 Å². The second-order valence-electron chi connectivity index (χ2n) is 4.63. The molecule has 1 aliphatic heterocycles. The number of fused-ring (bicyclic) bond motifs is 5. The van der Waals surface area contributed by atoms with Crippen LogP contribution in [0, 0.1) is 6.92 Å². The van der Waals surface area contributed by atoms with Gasteiger partial charge in [-0.3, -0.25) is 0 Å². The van der Waals surface area contributed by atoms with Gasteiger partial charge in [0.05, 0.1) is 5.69 Å². The molecule has 0 spiro atoms. The van der Waals surface area contributed by atoms with Gasteiger partial charge in [-0.05, 0) is 18.9 Å². The van der Waals surface area contributed by atoms with E-state index in [1.165, 1.54) is 11.1 Å². The van der Waals surface area contributed by atoms with E-state index in [4.69, 9.17) is 4.98 Å². The Labute approximate surface area is 104 Å². The van der Waals surface area contributed by atoms with Crippen LogP contribution < -0.4 is 0 Å². The van der Waals surface area contributed by atoms with E-state index < -0.39 is 0 Å². The van der Waals surface area contributed by atoms with Crippen molar-refractivity contribution < 1.29 is 0 Å². The molecule has 3 heterocycles. The van der Waals surface area contributed by atoms with Crippen LogP contribution in [0.2, 0.25) is 0 Å². The average molecular weight is 236 g/mol. The molecule has 4 rings (SSSR count). The van der Waals surface area contributed by atoms with Gasteiger partial charge in [0.1, 0.15) is 17.7 Å². The summed E-state index contributed by atoms with van der Waals surface area (Å²) in [5, 5.41) is 0. The summed E-state index contributed by atoms with van der Waals surface area (Å²) in [4.78, 5) is 13.3. The van der Waals surface area contributed by atoms with E-state index >= 15 is 0 Å². The van der Waals surface area contributed by atoms with Crippen LogP contribution in [0.15, 0.2) is 30.6 Å². The lowest BCUT2D eigenvalue weighted by atomic mass is 10.0. The van der Waals surface area contributed by atoms with E-state index in [9.17, 15) is 0 Å². The number of imidazole rings is 1. The Balaban J connectivity index is 2.11. The third-order valence-corrected chi connectivity index (χ3v) is 3.58. The Hall–Kier alpha value is -2.23. The number of hydrogen-bond donors (Lipinski definition) is 0. The Morgan fingerprint density at radius 2 is 2.06 bits per heavy atom. The van der Waals surface area contributed by atoms with Gasteiger partial charge in [-0.1, -0.05) is 24.3 Å². The summed E-state index contributed by atoms with van der Waals surface area (Å²) < 4.78 is 2.20. The molecule has 4 heteroatoms. The SMILES string of the molecule is Cc1ncnc2c1nc1n2CCc2ccccc2-1. The molecule has 0 N–H and O–H groups in total. The first-order valence-corrected chi connectivity index (χ1v) is 6.11. The van der Waals surface area contributed by atoms with Gasteiger partial charge < -0.3 is 4.57 Å². The summed E-state index contributed by atoms with van der Waals surface area (Å²) in [7, 11) is 0. The Morgan fingerprint density at radius 3 is 3.00 bits per heavy atom. The first-order valence-electron chi connectivity index (χ1n) is 6.11. The quantitative estimate of drug-likeness (QED) is 0.601. The molecular formula is C14H12N4. The molecule has 4 nitrogen and oxygen atoms in total. The monoisotopic (exact) mass is 236 g/mol. The normalized spacial score (nSPS) is 13.4. The van der Waals surface area contributed by atoms with Crippen LogP contribution in [-0.4, -0.2) is 19.5 Å². The summed E-state index contributed by atoms with van der Waals surface area (Å²) >= 11 is 0. The summed E-state index contributed by atoms with van der Waals surface area (Å²) in [5.74, 6) is 1.02. The highest BCUT2D eigenvalue weighted by molar-refractivity contribution is 5.80. The van der Waals surface area contributed by atoms with Crippen molar-refractivity contribution in [3.05, 3.63) is 41.9 Å². The second-order valence-corrected chi connectivity index (χ2v) is 4.63. The molecule has 1 aliphatic rings. The fourth-order valence-electron chi connectivity index (χ4n) is 2.66. The van der Waals surface area contributed by atoms with E-state index in [0.717, 1.165) is 35.6 Å². The van der Waals surface area contributed by atoms with Crippen molar-refractivity contribution in [2.24, 2.45) is 0 Å². The van der Waals surface area contributed by atoms with Gasteiger partial charge in [0.2, 0.25) is 0 Å². The zero-order chi connectivity index (χ0) is 12.1. The maximum Gasteiger partial charge on any atom is 0.163 e. The fourth-order valence-corrected chi connectivity index (χ4v) is 2.66. The van der Waals surface area contributed by atoms with Crippen LogP contribution in [0.25, 0.3) is 22.6 Å². The highest BCUT2D eigenvalue weighted by Crippen LogP contribution is 2.31. The molecule has 0 amide bonds. The highest BCUT2D eigenvalue weighted by atomic mass is 15.1. The molecule has 0 atom stereocenters. The smallest absolute Gasteiger partial charge is 0.163 e. The molecule has 0 radical (unpaired) electrons. The van der Waals surface area contributed by atoms with E-state index in [-0.39, 0.29) is 0 Å². The van der Waals surface area contributed by atoms with Crippen LogP contribution >= 0.6 is 0 Å². The lowest BCUT2D eigenvalue weighted by Crippen LogP contribution is -2.11. The zero-order valence-corrected chi connectivity index (χ0v) is 10.1. The van der Waals surface area contributed by atoms with E-state index in [2.05, 4.69) is 38.8 Å². The van der Waals surface area contributed by atoms with Gasteiger partial charge in [0, 0.05) is 12.1 Å². The van der Waals surface area contributed by atoms with Gasteiger partial charge in [0.15, 0.2) is 5.65 Å². The van der Waals surface area contributed by atoms with Crippen molar-refractivity contribution in [3.63, 3.8) is 0 Å². The summed E-state index contributed by atoms with van der Waals surface area (Å²) in [6, 6.07) is 8.46. The van der Waals surface area contributed by atoms with Crippen molar-refractivity contribution in [2.75, 3.05) is 0 Å². The van der Waals surface area contributed by atoms with Gasteiger partial charge in [-0.2, -0.15) is 0 Å². The molecule has 2 aromatic heterocycles. The first-order chi connectivity index (χ1) is 8.84. The minimum Gasteiger partial charge on any atom is -0.308 e. The highest BCUT2D eigenvalue weighted by Gasteiger charge is 2.21. The molecule has 0 saturated carbocycles. The maximum atomic E-state index is 4.73. The van der Waals surface area contributed by atoms with E-state index in [0.29, 0.717) is 0 Å². The number of aromatic nitrogens is 4. The molecule has 0 saturated heterocycles. The number of aryl methyl sites for hydroxylation is 3. The molecule has 0 aliphatic carbocycles. The number of benzene rings is 1. The predicted octanol–water partition coefficient (Wildman–Crippen LogP) is 2.36. The van der Waals surface area contributed by atoms with E-state index in [1.807, 2.05) is 6.92 Å². The molecule has 0 fully saturated rings. The van der Waals surface area contributed by atoms with Crippen LogP contribution in [-0.2, 0) is 13.0 Å². The lowest BCUT2D eigenvalue weighted by Gasteiger charge is -2.17. The first kappa shape index (κ1) is 9.76. The van der Waals surface area contributed by atoms with Crippen molar-refractivity contribution in [2.45, 2.75) is 19.9 Å². The minimum absolute atomic E-state index is 0.921. The van der Waals surface area contributed by atoms with Crippen molar-refractivity contribution in [3.8, 4) is 11.4 Å². The van der Waals surface area contributed by atoms with Crippen molar-refractivity contribution in [1.82, 2.24) is 19.5 Å². The standard InChI is InChI=1S/C14H12N4/c1-9-12-14(16-8-15-9)18-7-6-10-4-2-3-5-11(10)13(18)17-12/h2-5,8H,6-7H2,1H3. The third-order valence-electron chi connectivity index (χ3n) is 3.58. The van der Waals surface area contributed by atoms with Crippen LogP contribution in [0.4, 0.5) is 0 Å². The number of nitrogens with zero attached hydrogens (tertiary/aromatic N) is 4. The van der Waals surface area contributed by atoms with Gasteiger partial charge in [0.25, 0.3) is 0 Å². The molecule has 0 unspecified atom stereocenters. The maximum absolute atomic E-state index is 4.73. The predicted molar refractivity (Wildman–Crippen MR) is 69.2 cm³/mol. The fraction of sp³-hybridized carbons (Fsp3) is 0.214. The van der Waals surface area contributed by atoms with Crippen LogP contribution in [0.5, 0.6) is 0 Å². The molecule has 0 bridgehead atoms. The molecule has 88 valence electrons. The van der Waals surface area contributed by atoms with Gasteiger partial charge >= 0.3 is 0 Å². The van der Waals surface area contributed by atoms with Gasteiger partial charge in [-0.25, -0.2) is 15.0 Å². The minimum atomic E-state index is 0.921. The van der Waals surface area contributed by atoms with E-state index in [1.54, 1.807) is 6.33 Å². The van der Waals surface area contributed by atoms with Crippen molar-refractivity contribution in [1.29, 1.82) is 0 Å².